The van der Waals surface area contributed by atoms with Gasteiger partial charge in [-0.1, -0.05) is 27.2 Å². The van der Waals surface area contributed by atoms with Gasteiger partial charge in [-0.25, -0.2) is 0 Å². The second-order valence-electron chi connectivity index (χ2n) is 4.61. The minimum absolute atomic E-state index is 0.451. The van der Waals surface area contributed by atoms with Gasteiger partial charge in [0.05, 0.1) is 0 Å². The Labute approximate surface area is 76.7 Å². The quantitative estimate of drug-likeness (QED) is 0.673. The highest BCUT2D eigenvalue weighted by molar-refractivity contribution is 4.85. The molecule has 1 aliphatic carbocycles. The molecule has 0 aromatic heterocycles. The molecule has 0 saturated heterocycles. The fourth-order valence-corrected chi connectivity index (χ4v) is 1.82. The molecular weight excluding hydrogens is 146 g/mol. The van der Waals surface area contributed by atoms with Crippen molar-refractivity contribution in [1.29, 1.82) is 0 Å². The van der Waals surface area contributed by atoms with Crippen LogP contribution in [0.5, 0.6) is 0 Å². The minimum atomic E-state index is 0.451. The van der Waals surface area contributed by atoms with Crippen LogP contribution in [0.1, 0.15) is 46.5 Å². The van der Waals surface area contributed by atoms with Crippen molar-refractivity contribution in [2.75, 3.05) is 0 Å². The molecule has 1 fully saturated rings. The van der Waals surface area contributed by atoms with E-state index in [-0.39, 0.29) is 0 Å². The molecule has 0 radical (unpaired) electrons. The fourth-order valence-electron chi connectivity index (χ4n) is 1.82. The maximum atomic E-state index is 6.13. The van der Waals surface area contributed by atoms with E-state index in [1.54, 1.807) is 0 Å². The predicted octanol–water partition coefficient (Wildman–Crippen LogP) is 2.80. The zero-order valence-corrected chi connectivity index (χ0v) is 8.72. The topological polar surface area (TPSA) is 26.0 Å². The molecule has 2 N–H and O–H groups in total. The normalized spacial score (nSPS) is 25.0. The zero-order valence-electron chi connectivity index (χ0n) is 8.72. The first kappa shape index (κ1) is 10.0. The molecule has 1 aliphatic rings. The zero-order chi connectivity index (χ0) is 9.14. The average Bonchev–Trinajstić information content (AvgIpc) is 2.85. The van der Waals surface area contributed by atoms with E-state index in [1.807, 2.05) is 0 Å². The Hall–Kier alpha value is -0.0400. The van der Waals surface area contributed by atoms with Crippen molar-refractivity contribution in [3.8, 4) is 0 Å². The van der Waals surface area contributed by atoms with Crippen LogP contribution in [-0.2, 0) is 0 Å². The van der Waals surface area contributed by atoms with Gasteiger partial charge in [-0.2, -0.15) is 0 Å². The first-order valence-corrected chi connectivity index (χ1v) is 5.40. The molecule has 0 aromatic carbocycles. The predicted molar refractivity (Wildman–Crippen MR) is 53.9 cm³/mol. The van der Waals surface area contributed by atoms with Gasteiger partial charge in [-0.05, 0) is 37.0 Å². The summed E-state index contributed by atoms with van der Waals surface area (Å²) < 4.78 is 0. The summed E-state index contributed by atoms with van der Waals surface area (Å²) in [5.74, 6) is 2.53. The van der Waals surface area contributed by atoms with Gasteiger partial charge in [0.1, 0.15) is 0 Å². The Balaban J connectivity index is 2.21. The summed E-state index contributed by atoms with van der Waals surface area (Å²) >= 11 is 0. The van der Waals surface area contributed by atoms with Gasteiger partial charge in [-0.15, -0.1) is 0 Å². The second kappa shape index (κ2) is 4.27. The summed E-state index contributed by atoms with van der Waals surface area (Å²) in [5, 5.41) is 0. The smallest absolute Gasteiger partial charge is 0.00697 e. The van der Waals surface area contributed by atoms with Gasteiger partial charge in [0.25, 0.3) is 0 Å². The molecule has 72 valence electrons. The summed E-state index contributed by atoms with van der Waals surface area (Å²) in [6.45, 7) is 6.88. The third-order valence-electron chi connectivity index (χ3n) is 3.41. The van der Waals surface area contributed by atoms with E-state index in [9.17, 15) is 0 Å². The Morgan fingerprint density at radius 3 is 2.33 bits per heavy atom. The third-order valence-corrected chi connectivity index (χ3v) is 3.41. The molecule has 0 heterocycles. The van der Waals surface area contributed by atoms with Crippen molar-refractivity contribution in [2.45, 2.75) is 52.5 Å². The van der Waals surface area contributed by atoms with Gasteiger partial charge in [0, 0.05) is 6.04 Å². The number of rotatable bonds is 5. The van der Waals surface area contributed by atoms with Gasteiger partial charge >= 0.3 is 0 Å². The van der Waals surface area contributed by atoms with Crippen LogP contribution in [0.3, 0.4) is 0 Å². The van der Waals surface area contributed by atoms with E-state index in [1.165, 1.54) is 25.7 Å². The molecule has 1 saturated carbocycles. The molecule has 0 aliphatic heterocycles. The van der Waals surface area contributed by atoms with Crippen molar-refractivity contribution in [2.24, 2.45) is 23.5 Å². The van der Waals surface area contributed by atoms with E-state index in [0.29, 0.717) is 6.04 Å². The maximum Gasteiger partial charge on any atom is 0.00697 e. The van der Waals surface area contributed by atoms with Crippen LogP contribution in [0.2, 0.25) is 0 Å². The summed E-state index contributed by atoms with van der Waals surface area (Å²) in [4.78, 5) is 0. The monoisotopic (exact) mass is 169 g/mol. The second-order valence-corrected chi connectivity index (χ2v) is 4.61. The summed E-state index contributed by atoms with van der Waals surface area (Å²) in [6, 6.07) is 0.451. The van der Waals surface area contributed by atoms with Crippen molar-refractivity contribution in [1.82, 2.24) is 0 Å². The third kappa shape index (κ3) is 2.78. The molecule has 0 aromatic rings. The molecule has 1 rings (SSSR count). The Bertz CT molecular complexity index is 129. The van der Waals surface area contributed by atoms with E-state index < -0.39 is 0 Å². The Kier molecular flexibility index (Phi) is 3.57. The van der Waals surface area contributed by atoms with Gasteiger partial charge < -0.3 is 5.73 Å². The summed E-state index contributed by atoms with van der Waals surface area (Å²) in [7, 11) is 0. The molecular formula is C11H23N. The molecule has 3 atom stereocenters. The van der Waals surface area contributed by atoms with Gasteiger partial charge in [-0.3, -0.25) is 0 Å². The van der Waals surface area contributed by atoms with Gasteiger partial charge in [0.15, 0.2) is 0 Å². The molecule has 1 heteroatoms. The first-order chi connectivity index (χ1) is 5.65. The van der Waals surface area contributed by atoms with Crippen molar-refractivity contribution >= 4 is 0 Å². The number of nitrogens with two attached hydrogens (primary N) is 1. The lowest BCUT2D eigenvalue weighted by molar-refractivity contribution is 0.338. The van der Waals surface area contributed by atoms with Crippen LogP contribution in [-0.4, -0.2) is 6.04 Å². The highest BCUT2D eigenvalue weighted by atomic mass is 14.7. The Morgan fingerprint density at radius 2 is 1.92 bits per heavy atom. The van der Waals surface area contributed by atoms with Crippen molar-refractivity contribution in [3.05, 3.63) is 0 Å². The molecule has 0 amide bonds. The van der Waals surface area contributed by atoms with Crippen LogP contribution < -0.4 is 5.73 Å². The maximum absolute atomic E-state index is 6.13. The molecule has 12 heavy (non-hydrogen) atoms. The van der Waals surface area contributed by atoms with E-state index in [4.69, 9.17) is 5.73 Å². The van der Waals surface area contributed by atoms with Crippen LogP contribution >= 0.6 is 0 Å². The highest BCUT2D eigenvalue weighted by Gasteiger charge is 2.31. The van der Waals surface area contributed by atoms with E-state index in [0.717, 1.165) is 17.8 Å². The molecule has 1 nitrogen and oxygen atoms in total. The van der Waals surface area contributed by atoms with Crippen molar-refractivity contribution < 1.29 is 0 Å². The van der Waals surface area contributed by atoms with Crippen LogP contribution in [0.4, 0.5) is 0 Å². The highest BCUT2D eigenvalue weighted by Crippen LogP contribution is 2.38. The van der Waals surface area contributed by atoms with Crippen LogP contribution in [0.25, 0.3) is 0 Å². The van der Waals surface area contributed by atoms with Gasteiger partial charge in [0.2, 0.25) is 0 Å². The minimum Gasteiger partial charge on any atom is -0.327 e. The SMILES string of the molecule is CCC(C)CC(N)C(C)C1CC1. The van der Waals surface area contributed by atoms with E-state index in [2.05, 4.69) is 20.8 Å². The number of hydrogen-bond acceptors (Lipinski definition) is 1. The van der Waals surface area contributed by atoms with Crippen LogP contribution in [0, 0.1) is 17.8 Å². The molecule has 0 spiro atoms. The first-order valence-electron chi connectivity index (χ1n) is 5.40. The summed E-state index contributed by atoms with van der Waals surface area (Å²) in [5.41, 5.74) is 6.13. The van der Waals surface area contributed by atoms with Crippen LogP contribution in [0.15, 0.2) is 0 Å². The fraction of sp³-hybridized carbons (Fsp3) is 1.00. The standard InChI is InChI=1S/C11H23N/c1-4-8(2)7-11(12)9(3)10-5-6-10/h8-11H,4-7,12H2,1-3H3. The van der Waals surface area contributed by atoms with E-state index >= 15 is 0 Å². The number of hydrogen-bond donors (Lipinski definition) is 1. The lowest BCUT2D eigenvalue weighted by Crippen LogP contribution is -2.31. The average molecular weight is 169 g/mol. The molecule has 0 bridgehead atoms. The Morgan fingerprint density at radius 1 is 1.33 bits per heavy atom. The molecule has 3 unspecified atom stereocenters. The summed E-state index contributed by atoms with van der Waals surface area (Å²) in [6.07, 6.45) is 5.34. The lowest BCUT2D eigenvalue weighted by Gasteiger charge is -2.22. The lowest BCUT2D eigenvalue weighted by atomic mass is 9.89. The van der Waals surface area contributed by atoms with Crippen molar-refractivity contribution in [3.63, 3.8) is 0 Å². The largest absolute Gasteiger partial charge is 0.327 e.